The van der Waals surface area contributed by atoms with Crippen molar-refractivity contribution < 1.29 is 4.42 Å². The third-order valence-electron chi connectivity index (χ3n) is 6.28. The van der Waals surface area contributed by atoms with E-state index in [4.69, 9.17) is 9.41 Å². The van der Waals surface area contributed by atoms with Crippen molar-refractivity contribution in [1.29, 1.82) is 0 Å². The molecule has 1 saturated heterocycles. The number of piperidine rings is 1. The molecule has 1 unspecified atom stereocenters. The largest absolute Gasteiger partial charge is 0.444 e. The summed E-state index contributed by atoms with van der Waals surface area (Å²) >= 11 is 0. The molecule has 2 aromatic rings. The van der Waals surface area contributed by atoms with Gasteiger partial charge in [0.2, 0.25) is 5.89 Å². The molecule has 9 heteroatoms. The van der Waals surface area contributed by atoms with Gasteiger partial charge in [0.1, 0.15) is 17.4 Å². The standard InChI is InChI=1S/C22H36N8O/c1-5-23-22(27-19-7-6-10-30-21(19)26-17(4)28-30)24-13-18-8-11-29(12-9-18)14-20-25-15(2)16(3)31-20/h18-19H,5-14H2,1-4H3,(H2,23,24,27). The Balaban J connectivity index is 1.29. The molecule has 0 bridgehead atoms. The number of aromatic nitrogens is 4. The molecule has 1 fully saturated rings. The van der Waals surface area contributed by atoms with Crippen molar-refractivity contribution in [3.05, 3.63) is 29.0 Å². The van der Waals surface area contributed by atoms with Crippen LogP contribution in [0.25, 0.3) is 0 Å². The van der Waals surface area contributed by atoms with Crippen molar-refractivity contribution in [1.82, 2.24) is 35.3 Å². The third-order valence-corrected chi connectivity index (χ3v) is 6.28. The second-order valence-electron chi connectivity index (χ2n) is 8.77. The average Bonchev–Trinajstić information content (AvgIpc) is 3.28. The second kappa shape index (κ2) is 9.80. The summed E-state index contributed by atoms with van der Waals surface area (Å²) in [5, 5.41) is 11.5. The lowest BCUT2D eigenvalue weighted by atomic mass is 9.97. The highest BCUT2D eigenvalue weighted by molar-refractivity contribution is 5.80. The van der Waals surface area contributed by atoms with Gasteiger partial charge in [0.15, 0.2) is 5.96 Å². The second-order valence-corrected chi connectivity index (χ2v) is 8.77. The fraction of sp³-hybridized carbons (Fsp3) is 0.727. The number of likely N-dealkylation sites (tertiary alicyclic amines) is 1. The number of nitrogens with one attached hydrogen (secondary N) is 2. The van der Waals surface area contributed by atoms with E-state index in [-0.39, 0.29) is 6.04 Å². The lowest BCUT2D eigenvalue weighted by Gasteiger charge is -2.30. The molecule has 2 aliphatic heterocycles. The highest BCUT2D eigenvalue weighted by atomic mass is 16.4. The molecule has 4 heterocycles. The molecule has 1 atom stereocenters. The first-order chi connectivity index (χ1) is 15.0. The summed E-state index contributed by atoms with van der Waals surface area (Å²) in [6.07, 6.45) is 4.46. The van der Waals surface area contributed by atoms with E-state index in [1.807, 2.05) is 25.5 Å². The van der Waals surface area contributed by atoms with Crippen LogP contribution in [0.2, 0.25) is 0 Å². The quantitative estimate of drug-likeness (QED) is 0.539. The lowest BCUT2D eigenvalue weighted by molar-refractivity contribution is 0.166. The van der Waals surface area contributed by atoms with E-state index in [0.29, 0.717) is 5.92 Å². The van der Waals surface area contributed by atoms with Crippen LogP contribution in [-0.2, 0) is 13.1 Å². The van der Waals surface area contributed by atoms with E-state index in [9.17, 15) is 0 Å². The van der Waals surface area contributed by atoms with E-state index >= 15 is 0 Å². The Morgan fingerprint density at radius 1 is 1.13 bits per heavy atom. The fourth-order valence-electron chi connectivity index (χ4n) is 4.44. The molecule has 0 amide bonds. The number of oxazole rings is 1. The molecule has 2 aliphatic rings. The van der Waals surface area contributed by atoms with Crippen molar-refractivity contribution in [2.24, 2.45) is 10.9 Å². The maximum absolute atomic E-state index is 5.75. The summed E-state index contributed by atoms with van der Waals surface area (Å²) < 4.78 is 7.78. The highest BCUT2D eigenvalue weighted by Gasteiger charge is 2.25. The number of hydrogen-bond donors (Lipinski definition) is 2. The minimum Gasteiger partial charge on any atom is -0.444 e. The van der Waals surface area contributed by atoms with Crippen LogP contribution in [0.1, 0.15) is 67.6 Å². The number of rotatable bonds is 6. The van der Waals surface area contributed by atoms with Crippen LogP contribution in [0.3, 0.4) is 0 Å². The molecule has 0 aromatic carbocycles. The van der Waals surface area contributed by atoms with Gasteiger partial charge in [0.25, 0.3) is 0 Å². The van der Waals surface area contributed by atoms with Gasteiger partial charge in [-0.2, -0.15) is 5.10 Å². The van der Waals surface area contributed by atoms with E-state index in [2.05, 4.69) is 37.5 Å². The smallest absolute Gasteiger partial charge is 0.208 e. The molecule has 170 valence electrons. The predicted octanol–water partition coefficient (Wildman–Crippen LogP) is 2.49. The number of guanidine groups is 1. The lowest BCUT2D eigenvalue weighted by Crippen LogP contribution is -2.42. The van der Waals surface area contributed by atoms with E-state index in [1.54, 1.807) is 0 Å². The maximum atomic E-state index is 5.75. The Morgan fingerprint density at radius 2 is 1.94 bits per heavy atom. The number of aliphatic imine (C=N–C) groups is 1. The van der Waals surface area contributed by atoms with E-state index in [0.717, 1.165) is 99.9 Å². The first kappa shape index (κ1) is 21.8. The van der Waals surface area contributed by atoms with Gasteiger partial charge in [-0.05, 0) is 72.4 Å². The zero-order chi connectivity index (χ0) is 21.8. The average molecular weight is 429 g/mol. The van der Waals surface area contributed by atoms with Gasteiger partial charge in [0.05, 0.1) is 18.3 Å². The number of hydrogen-bond acceptors (Lipinski definition) is 6. The SMILES string of the molecule is CCNC(=NCC1CCN(Cc2nc(C)c(C)o2)CC1)NC1CCCn2nc(C)nc21. The monoisotopic (exact) mass is 428 g/mol. The van der Waals surface area contributed by atoms with Gasteiger partial charge < -0.3 is 15.1 Å². The number of fused-ring (bicyclic) bond motifs is 1. The molecule has 0 aliphatic carbocycles. The topological polar surface area (TPSA) is 96.4 Å². The van der Waals surface area contributed by atoms with Crippen LogP contribution in [-0.4, -0.2) is 56.8 Å². The summed E-state index contributed by atoms with van der Waals surface area (Å²) in [6, 6.07) is 0.169. The molecule has 0 saturated carbocycles. The summed E-state index contributed by atoms with van der Waals surface area (Å²) in [7, 11) is 0. The Morgan fingerprint density at radius 3 is 2.65 bits per heavy atom. The van der Waals surface area contributed by atoms with Crippen LogP contribution < -0.4 is 10.6 Å². The summed E-state index contributed by atoms with van der Waals surface area (Å²) in [5.41, 5.74) is 0.994. The normalized spacial score (nSPS) is 20.6. The molecule has 31 heavy (non-hydrogen) atoms. The molecule has 9 nitrogen and oxygen atoms in total. The third kappa shape index (κ3) is 5.44. The van der Waals surface area contributed by atoms with Gasteiger partial charge in [-0.1, -0.05) is 0 Å². The summed E-state index contributed by atoms with van der Waals surface area (Å²) in [4.78, 5) is 16.5. The van der Waals surface area contributed by atoms with Gasteiger partial charge in [0, 0.05) is 19.6 Å². The van der Waals surface area contributed by atoms with Crippen molar-refractivity contribution in [3.8, 4) is 0 Å². The van der Waals surface area contributed by atoms with Crippen molar-refractivity contribution in [2.75, 3.05) is 26.2 Å². The first-order valence-corrected chi connectivity index (χ1v) is 11.6. The van der Waals surface area contributed by atoms with Crippen LogP contribution in [0, 0.1) is 26.7 Å². The maximum Gasteiger partial charge on any atom is 0.208 e. The van der Waals surface area contributed by atoms with Gasteiger partial charge in [-0.25, -0.2) is 14.6 Å². The molecule has 2 N–H and O–H groups in total. The van der Waals surface area contributed by atoms with Crippen LogP contribution >= 0.6 is 0 Å². The van der Waals surface area contributed by atoms with Crippen molar-refractivity contribution in [3.63, 3.8) is 0 Å². The Bertz CT molecular complexity index is 874. The fourth-order valence-corrected chi connectivity index (χ4v) is 4.44. The minimum atomic E-state index is 0.169. The molecule has 4 rings (SSSR count). The van der Waals surface area contributed by atoms with Crippen LogP contribution in [0.4, 0.5) is 0 Å². The number of nitrogens with zero attached hydrogens (tertiary/aromatic N) is 6. The predicted molar refractivity (Wildman–Crippen MR) is 120 cm³/mol. The summed E-state index contributed by atoms with van der Waals surface area (Å²) in [6.45, 7) is 13.6. The molecular formula is C22H36N8O. The van der Waals surface area contributed by atoms with Crippen LogP contribution in [0.5, 0.6) is 0 Å². The zero-order valence-electron chi connectivity index (χ0n) is 19.3. The van der Waals surface area contributed by atoms with Crippen molar-refractivity contribution in [2.45, 2.75) is 72.5 Å². The van der Waals surface area contributed by atoms with Gasteiger partial charge in [-0.3, -0.25) is 9.89 Å². The Hall–Kier alpha value is -2.42. The Labute approximate surface area is 184 Å². The molecular weight excluding hydrogens is 392 g/mol. The Kier molecular flexibility index (Phi) is 6.89. The molecule has 0 radical (unpaired) electrons. The number of aryl methyl sites for hydroxylation is 4. The minimum absolute atomic E-state index is 0.169. The van der Waals surface area contributed by atoms with E-state index in [1.165, 1.54) is 0 Å². The summed E-state index contributed by atoms with van der Waals surface area (Å²) in [5.74, 6) is 5.12. The molecule has 2 aromatic heterocycles. The van der Waals surface area contributed by atoms with Crippen molar-refractivity contribution >= 4 is 5.96 Å². The van der Waals surface area contributed by atoms with E-state index < -0.39 is 0 Å². The van der Waals surface area contributed by atoms with Gasteiger partial charge in [-0.15, -0.1) is 0 Å². The highest BCUT2D eigenvalue weighted by Crippen LogP contribution is 2.23. The first-order valence-electron chi connectivity index (χ1n) is 11.6. The van der Waals surface area contributed by atoms with Gasteiger partial charge >= 0.3 is 0 Å². The zero-order valence-corrected chi connectivity index (χ0v) is 19.3. The van der Waals surface area contributed by atoms with Crippen LogP contribution in [0.15, 0.2) is 9.41 Å². The molecule has 0 spiro atoms.